The molecule has 0 fully saturated rings. The summed E-state index contributed by atoms with van der Waals surface area (Å²) in [6.07, 6.45) is -1.32. The molecule has 1 aromatic carbocycles. The Balaban J connectivity index is 3.23. The predicted molar refractivity (Wildman–Crippen MR) is 69.8 cm³/mol. The van der Waals surface area contributed by atoms with Crippen molar-refractivity contribution in [1.29, 1.82) is 0 Å². The van der Waals surface area contributed by atoms with E-state index < -0.39 is 40.7 Å². The molecule has 1 rings (SSSR count). The molecule has 110 valence electrons. The first-order valence-electron chi connectivity index (χ1n) is 6.08. The Kier molecular flexibility index (Phi) is 4.47. The molecule has 0 heterocycles. The van der Waals surface area contributed by atoms with Crippen molar-refractivity contribution in [2.45, 2.75) is 39.3 Å². The van der Waals surface area contributed by atoms with Gasteiger partial charge in [0, 0.05) is 5.54 Å². The molecule has 1 aromatic rings. The van der Waals surface area contributed by atoms with Gasteiger partial charge in [-0.15, -0.1) is 0 Å². The molecule has 6 heteroatoms. The van der Waals surface area contributed by atoms with Gasteiger partial charge in [0.05, 0.1) is 11.6 Å². The molecule has 0 saturated carbocycles. The SMILES string of the molecule is C[C@@H](C(=O)c1c(F)cccc1F)N(C(=O)O)C(C)(C)C. The van der Waals surface area contributed by atoms with Crippen LogP contribution in [-0.4, -0.2) is 33.5 Å². The highest BCUT2D eigenvalue weighted by atomic mass is 19.1. The van der Waals surface area contributed by atoms with E-state index in [4.69, 9.17) is 0 Å². The molecular weight excluding hydrogens is 268 g/mol. The number of Topliss-reactive ketones (excluding diaryl/α,β-unsaturated/α-hetero) is 1. The van der Waals surface area contributed by atoms with Gasteiger partial charge in [-0.2, -0.15) is 0 Å². The number of amides is 1. The van der Waals surface area contributed by atoms with Crippen molar-refractivity contribution < 1.29 is 23.5 Å². The van der Waals surface area contributed by atoms with Crippen LogP contribution in [0.15, 0.2) is 18.2 Å². The molecule has 0 aliphatic rings. The van der Waals surface area contributed by atoms with Crippen LogP contribution in [-0.2, 0) is 0 Å². The maximum atomic E-state index is 13.6. The van der Waals surface area contributed by atoms with Crippen LogP contribution in [0.3, 0.4) is 0 Å². The van der Waals surface area contributed by atoms with E-state index in [1.807, 2.05) is 0 Å². The first kappa shape index (κ1) is 16.1. The summed E-state index contributed by atoms with van der Waals surface area (Å²) in [5.74, 6) is -2.90. The predicted octanol–water partition coefficient (Wildman–Crippen LogP) is 3.31. The average molecular weight is 285 g/mol. The zero-order chi connectivity index (χ0) is 15.7. The van der Waals surface area contributed by atoms with Crippen LogP contribution in [0.5, 0.6) is 0 Å². The van der Waals surface area contributed by atoms with E-state index in [1.54, 1.807) is 20.8 Å². The second-order valence-corrected chi connectivity index (χ2v) is 5.46. The van der Waals surface area contributed by atoms with E-state index in [2.05, 4.69) is 0 Å². The fourth-order valence-electron chi connectivity index (χ4n) is 2.09. The summed E-state index contributed by atoms with van der Waals surface area (Å²) in [6.45, 7) is 6.11. The summed E-state index contributed by atoms with van der Waals surface area (Å²) in [5, 5.41) is 9.20. The standard InChI is InChI=1S/C14H17F2NO3/c1-8(17(13(19)20)14(2,3)4)12(18)11-9(15)6-5-7-10(11)16/h5-8H,1-4H3,(H,19,20)/t8-/m0/s1. The molecule has 1 amide bonds. The minimum atomic E-state index is -1.32. The van der Waals surface area contributed by atoms with E-state index in [0.29, 0.717) is 0 Å². The first-order valence-corrected chi connectivity index (χ1v) is 6.08. The molecule has 1 N–H and O–H groups in total. The zero-order valence-corrected chi connectivity index (χ0v) is 11.8. The second-order valence-electron chi connectivity index (χ2n) is 5.46. The van der Waals surface area contributed by atoms with E-state index in [1.165, 1.54) is 6.92 Å². The summed E-state index contributed by atoms with van der Waals surface area (Å²) >= 11 is 0. The quantitative estimate of drug-likeness (QED) is 0.867. The summed E-state index contributed by atoms with van der Waals surface area (Å²) in [4.78, 5) is 24.3. The van der Waals surface area contributed by atoms with Gasteiger partial charge in [-0.3, -0.25) is 9.69 Å². The molecule has 20 heavy (non-hydrogen) atoms. The Bertz CT molecular complexity index is 517. The van der Waals surface area contributed by atoms with Gasteiger partial charge < -0.3 is 5.11 Å². The van der Waals surface area contributed by atoms with Crippen LogP contribution >= 0.6 is 0 Å². The number of halogens is 2. The van der Waals surface area contributed by atoms with Gasteiger partial charge in [-0.1, -0.05) is 6.07 Å². The highest BCUT2D eigenvalue weighted by Gasteiger charge is 2.36. The maximum Gasteiger partial charge on any atom is 0.408 e. The van der Waals surface area contributed by atoms with E-state index >= 15 is 0 Å². The lowest BCUT2D eigenvalue weighted by Crippen LogP contribution is -2.53. The largest absolute Gasteiger partial charge is 0.465 e. The van der Waals surface area contributed by atoms with Gasteiger partial charge >= 0.3 is 6.09 Å². The molecule has 0 spiro atoms. The van der Waals surface area contributed by atoms with Crippen LogP contribution < -0.4 is 0 Å². The summed E-state index contributed by atoms with van der Waals surface area (Å²) in [7, 11) is 0. The fraction of sp³-hybridized carbons (Fsp3) is 0.429. The minimum Gasteiger partial charge on any atom is -0.465 e. The van der Waals surface area contributed by atoms with Gasteiger partial charge in [0.15, 0.2) is 5.78 Å². The van der Waals surface area contributed by atoms with E-state index in [9.17, 15) is 23.5 Å². The fourth-order valence-corrected chi connectivity index (χ4v) is 2.09. The Labute approximate surface area is 116 Å². The highest BCUT2D eigenvalue weighted by Crippen LogP contribution is 2.22. The third-order valence-electron chi connectivity index (χ3n) is 2.90. The van der Waals surface area contributed by atoms with E-state index in [-0.39, 0.29) is 0 Å². The molecule has 0 bridgehead atoms. The molecule has 0 aliphatic heterocycles. The van der Waals surface area contributed by atoms with Crippen LogP contribution in [0.4, 0.5) is 13.6 Å². The smallest absolute Gasteiger partial charge is 0.408 e. The van der Waals surface area contributed by atoms with Crippen molar-refractivity contribution in [3.05, 3.63) is 35.4 Å². The van der Waals surface area contributed by atoms with Crippen molar-refractivity contribution in [3.63, 3.8) is 0 Å². The lowest BCUT2D eigenvalue weighted by molar-refractivity contribution is 0.0582. The van der Waals surface area contributed by atoms with E-state index in [0.717, 1.165) is 23.1 Å². The lowest BCUT2D eigenvalue weighted by Gasteiger charge is -2.37. The van der Waals surface area contributed by atoms with Crippen LogP contribution in [0.2, 0.25) is 0 Å². The number of hydrogen-bond acceptors (Lipinski definition) is 2. The van der Waals surface area contributed by atoms with Crippen LogP contribution in [0, 0.1) is 11.6 Å². The second kappa shape index (κ2) is 5.56. The number of nitrogens with zero attached hydrogens (tertiary/aromatic N) is 1. The number of carboxylic acid groups (broad SMARTS) is 1. The van der Waals surface area contributed by atoms with Gasteiger partial charge in [-0.25, -0.2) is 13.6 Å². The Morgan fingerprint density at radius 1 is 1.20 bits per heavy atom. The van der Waals surface area contributed by atoms with Crippen molar-refractivity contribution in [2.24, 2.45) is 0 Å². The number of carbonyl (C=O) groups is 2. The van der Waals surface area contributed by atoms with Gasteiger partial charge in [0.1, 0.15) is 11.6 Å². The summed E-state index contributed by atoms with van der Waals surface area (Å²) < 4.78 is 27.2. The number of rotatable bonds is 3. The topological polar surface area (TPSA) is 57.6 Å². The minimum absolute atomic E-state index is 0.712. The van der Waals surface area contributed by atoms with Crippen molar-refractivity contribution in [1.82, 2.24) is 4.90 Å². The Morgan fingerprint density at radius 2 is 1.65 bits per heavy atom. The summed E-state index contributed by atoms with van der Waals surface area (Å²) in [5.41, 5.74) is -1.58. The van der Waals surface area contributed by atoms with Crippen LogP contribution in [0.25, 0.3) is 0 Å². The molecule has 0 aromatic heterocycles. The Morgan fingerprint density at radius 3 is 2.00 bits per heavy atom. The number of benzene rings is 1. The third-order valence-corrected chi connectivity index (χ3v) is 2.90. The Hall–Kier alpha value is -1.98. The summed E-state index contributed by atoms with van der Waals surface area (Å²) in [6, 6.07) is 1.88. The average Bonchev–Trinajstić information content (AvgIpc) is 2.25. The lowest BCUT2D eigenvalue weighted by atomic mass is 9.98. The van der Waals surface area contributed by atoms with Crippen molar-refractivity contribution >= 4 is 11.9 Å². The number of carbonyl (C=O) groups excluding carboxylic acids is 1. The molecule has 0 aliphatic carbocycles. The number of hydrogen-bond donors (Lipinski definition) is 1. The maximum absolute atomic E-state index is 13.6. The van der Waals surface area contributed by atoms with Gasteiger partial charge in [0.2, 0.25) is 0 Å². The van der Waals surface area contributed by atoms with Gasteiger partial charge in [0.25, 0.3) is 0 Å². The molecule has 0 radical (unpaired) electrons. The van der Waals surface area contributed by atoms with Crippen molar-refractivity contribution in [3.8, 4) is 0 Å². The monoisotopic (exact) mass is 285 g/mol. The molecule has 1 atom stereocenters. The highest BCUT2D eigenvalue weighted by molar-refractivity contribution is 6.01. The van der Waals surface area contributed by atoms with Crippen molar-refractivity contribution in [2.75, 3.05) is 0 Å². The normalized spacial score (nSPS) is 12.9. The first-order chi connectivity index (χ1) is 9.07. The van der Waals surface area contributed by atoms with Gasteiger partial charge in [-0.05, 0) is 39.8 Å². The van der Waals surface area contributed by atoms with Crippen LogP contribution in [0.1, 0.15) is 38.1 Å². The molecule has 0 unspecified atom stereocenters. The molecule has 4 nitrogen and oxygen atoms in total. The zero-order valence-electron chi connectivity index (χ0n) is 11.8. The molecular formula is C14H17F2NO3. The third kappa shape index (κ3) is 3.12. The number of ketones is 1. The molecule has 0 saturated heterocycles.